The Morgan fingerprint density at radius 1 is 0.333 bits per heavy atom. The molecule has 11 aromatic rings. The molecule has 0 bridgehead atoms. The molecule has 312 valence electrons. The molecular formula is C64H46N2. The van der Waals surface area contributed by atoms with Gasteiger partial charge in [-0.05, 0) is 133 Å². The molecular weight excluding hydrogens is 797 g/mol. The van der Waals surface area contributed by atoms with Crippen LogP contribution >= 0.6 is 0 Å². The smallest absolute Gasteiger partial charge is 0.0713 e. The molecule has 2 nitrogen and oxygen atoms in total. The van der Waals surface area contributed by atoms with Gasteiger partial charge in [-0.1, -0.05) is 190 Å². The molecule has 2 aliphatic rings. The van der Waals surface area contributed by atoms with Gasteiger partial charge in [0.1, 0.15) is 0 Å². The quantitative estimate of drug-likeness (QED) is 0.155. The van der Waals surface area contributed by atoms with Crippen LogP contribution in [0.2, 0.25) is 0 Å². The predicted molar refractivity (Wildman–Crippen MR) is 276 cm³/mol. The molecule has 0 spiro atoms. The maximum atomic E-state index is 2.46. The fourth-order valence-corrected chi connectivity index (χ4v) is 11.7. The van der Waals surface area contributed by atoms with Gasteiger partial charge in [0, 0.05) is 38.9 Å². The van der Waals surface area contributed by atoms with E-state index in [1.807, 2.05) is 0 Å². The predicted octanol–water partition coefficient (Wildman–Crippen LogP) is 16.6. The fraction of sp³-hybridized carbons (Fsp3) is 0.0625. The first-order chi connectivity index (χ1) is 32.5. The molecule has 0 saturated heterocycles. The van der Waals surface area contributed by atoms with Gasteiger partial charge in [-0.3, -0.25) is 0 Å². The average molecular weight is 843 g/mol. The molecule has 66 heavy (non-hydrogen) atoms. The van der Waals surface area contributed by atoms with Crippen molar-refractivity contribution < 1.29 is 0 Å². The lowest BCUT2D eigenvalue weighted by atomic mass is 9.68. The van der Waals surface area contributed by atoms with Gasteiger partial charge in [0.25, 0.3) is 0 Å². The van der Waals surface area contributed by atoms with Crippen LogP contribution < -0.4 is 4.90 Å². The first-order valence-electron chi connectivity index (χ1n) is 23.1. The third-order valence-corrected chi connectivity index (χ3v) is 14.7. The van der Waals surface area contributed by atoms with Crippen LogP contribution in [0.3, 0.4) is 0 Å². The highest BCUT2D eigenvalue weighted by Crippen LogP contribution is 2.57. The lowest BCUT2D eigenvalue weighted by Crippen LogP contribution is -2.28. The third-order valence-electron chi connectivity index (χ3n) is 14.7. The highest BCUT2D eigenvalue weighted by atomic mass is 15.1. The first kappa shape index (κ1) is 38.3. The van der Waals surface area contributed by atoms with Gasteiger partial charge in [0.15, 0.2) is 0 Å². The zero-order chi connectivity index (χ0) is 44.0. The summed E-state index contributed by atoms with van der Waals surface area (Å²) < 4.78 is 2.46. The molecule has 0 N–H and O–H groups in total. The highest BCUT2D eigenvalue weighted by Gasteiger charge is 2.46. The summed E-state index contributed by atoms with van der Waals surface area (Å²) in [5.41, 5.74) is 21.9. The van der Waals surface area contributed by atoms with Crippen molar-refractivity contribution in [3.8, 4) is 39.1 Å². The topological polar surface area (TPSA) is 8.17 Å². The zero-order valence-corrected chi connectivity index (χ0v) is 37.0. The van der Waals surface area contributed by atoms with Crippen molar-refractivity contribution in [1.82, 2.24) is 4.57 Å². The molecule has 13 rings (SSSR count). The molecule has 0 amide bonds. The number of para-hydroxylation sites is 2. The summed E-state index contributed by atoms with van der Waals surface area (Å²) in [6.07, 6.45) is 0. The molecule has 0 atom stereocenters. The summed E-state index contributed by atoms with van der Waals surface area (Å²) >= 11 is 0. The second kappa shape index (κ2) is 14.7. The number of aromatic nitrogens is 1. The summed E-state index contributed by atoms with van der Waals surface area (Å²) in [5, 5.41) is 2.47. The summed E-state index contributed by atoms with van der Waals surface area (Å²) in [7, 11) is 0. The Balaban J connectivity index is 0.942. The van der Waals surface area contributed by atoms with Gasteiger partial charge in [0.05, 0.1) is 16.4 Å². The van der Waals surface area contributed by atoms with Crippen molar-refractivity contribution in [2.45, 2.75) is 24.7 Å². The minimum atomic E-state index is -0.434. The van der Waals surface area contributed by atoms with Crippen LogP contribution in [0, 0.1) is 0 Å². The number of nitrogens with zero attached hydrogens (tertiary/aromatic N) is 2. The SMILES string of the molecule is CC1(C)c2ccccc2-c2cc(N(c3ccccc3)c3cccc(-c4ccc5c(c4)c4ccccc4n5-c4ccc5c(c4)-c4ccccc4C5(c4ccccc4)c4ccccc4)c3)ccc21. The maximum Gasteiger partial charge on any atom is 0.0713 e. The van der Waals surface area contributed by atoms with Crippen LogP contribution in [0.15, 0.2) is 243 Å². The van der Waals surface area contributed by atoms with Crippen molar-refractivity contribution in [3.63, 3.8) is 0 Å². The summed E-state index contributed by atoms with van der Waals surface area (Å²) in [5.74, 6) is 0. The fourth-order valence-electron chi connectivity index (χ4n) is 11.7. The monoisotopic (exact) mass is 842 g/mol. The van der Waals surface area contributed by atoms with Crippen molar-refractivity contribution in [3.05, 3.63) is 276 Å². The number of rotatable bonds is 7. The number of anilines is 3. The molecule has 0 fully saturated rings. The van der Waals surface area contributed by atoms with E-state index >= 15 is 0 Å². The molecule has 0 aliphatic heterocycles. The molecule has 0 saturated carbocycles. The first-order valence-corrected chi connectivity index (χ1v) is 23.1. The molecule has 0 unspecified atom stereocenters. The second-order valence-electron chi connectivity index (χ2n) is 18.5. The van der Waals surface area contributed by atoms with Crippen molar-refractivity contribution in [2.24, 2.45) is 0 Å². The van der Waals surface area contributed by atoms with E-state index in [9.17, 15) is 0 Å². The Morgan fingerprint density at radius 3 is 1.62 bits per heavy atom. The Labute approximate surface area is 386 Å². The van der Waals surface area contributed by atoms with E-state index in [1.165, 1.54) is 88.6 Å². The van der Waals surface area contributed by atoms with Crippen molar-refractivity contribution in [2.75, 3.05) is 4.90 Å². The summed E-state index contributed by atoms with van der Waals surface area (Å²) in [6.45, 7) is 4.69. The Morgan fingerprint density at radius 2 is 0.864 bits per heavy atom. The Kier molecular flexibility index (Phi) is 8.51. The van der Waals surface area contributed by atoms with Crippen LogP contribution in [-0.4, -0.2) is 4.57 Å². The van der Waals surface area contributed by atoms with Gasteiger partial charge < -0.3 is 9.47 Å². The van der Waals surface area contributed by atoms with E-state index in [-0.39, 0.29) is 5.41 Å². The molecule has 0 radical (unpaired) electrons. The van der Waals surface area contributed by atoms with Crippen molar-refractivity contribution >= 4 is 38.9 Å². The van der Waals surface area contributed by atoms with E-state index in [0.29, 0.717) is 0 Å². The van der Waals surface area contributed by atoms with E-state index in [4.69, 9.17) is 0 Å². The lowest BCUT2D eigenvalue weighted by Gasteiger charge is -2.33. The van der Waals surface area contributed by atoms with Crippen LogP contribution in [0.25, 0.3) is 60.9 Å². The number of benzene rings is 10. The highest BCUT2D eigenvalue weighted by molar-refractivity contribution is 6.10. The average Bonchev–Trinajstić information content (AvgIpc) is 3.95. The molecule has 1 aromatic heterocycles. The standard InChI is InChI=1S/C64H46N2/c1-63(2)57-30-15-12-27-51(57)54-41-49(34-36-58(54)63)65(47-24-10-5-11-25-47)48-26-18-19-43(39-48)44-33-38-62-56(40-44)53-29-14-17-32-61(53)66(62)50-35-37-60-55(42-50)52-28-13-16-31-59(52)64(60,45-20-6-3-7-21-45)46-22-8-4-9-23-46/h3-42H,1-2H3. The minimum absolute atomic E-state index is 0.0493. The van der Waals surface area contributed by atoms with Gasteiger partial charge in [-0.15, -0.1) is 0 Å². The third kappa shape index (κ3) is 5.55. The molecule has 1 heterocycles. The van der Waals surface area contributed by atoms with Crippen LogP contribution in [-0.2, 0) is 10.8 Å². The van der Waals surface area contributed by atoms with Gasteiger partial charge in [0.2, 0.25) is 0 Å². The summed E-state index contributed by atoms with van der Waals surface area (Å²) in [4.78, 5) is 2.40. The van der Waals surface area contributed by atoms with Crippen molar-refractivity contribution in [1.29, 1.82) is 0 Å². The molecule has 10 aromatic carbocycles. The minimum Gasteiger partial charge on any atom is -0.310 e. The number of fused-ring (bicyclic) bond motifs is 9. The lowest BCUT2D eigenvalue weighted by molar-refractivity contribution is 0.660. The van der Waals surface area contributed by atoms with Gasteiger partial charge >= 0.3 is 0 Å². The van der Waals surface area contributed by atoms with E-state index < -0.39 is 5.41 Å². The van der Waals surface area contributed by atoms with E-state index in [0.717, 1.165) is 22.7 Å². The van der Waals surface area contributed by atoms with E-state index in [1.54, 1.807) is 0 Å². The largest absolute Gasteiger partial charge is 0.310 e. The normalized spacial score (nSPS) is 13.8. The zero-order valence-electron chi connectivity index (χ0n) is 37.0. The molecule has 2 heteroatoms. The summed E-state index contributed by atoms with van der Waals surface area (Å²) in [6, 6.07) is 89.9. The van der Waals surface area contributed by atoms with Crippen LogP contribution in [0.5, 0.6) is 0 Å². The maximum absolute atomic E-state index is 2.46. The van der Waals surface area contributed by atoms with Gasteiger partial charge in [-0.2, -0.15) is 0 Å². The Bertz CT molecular complexity index is 3630. The van der Waals surface area contributed by atoms with Crippen LogP contribution in [0.1, 0.15) is 47.2 Å². The van der Waals surface area contributed by atoms with Crippen LogP contribution in [0.4, 0.5) is 17.1 Å². The number of hydrogen-bond donors (Lipinski definition) is 0. The number of hydrogen-bond acceptors (Lipinski definition) is 1. The van der Waals surface area contributed by atoms with Gasteiger partial charge in [-0.25, -0.2) is 0 Å². The van der Waals surface area contributed by atoms with E-state index in [2.05, 4.69) is 266 Å². The molecule has 2 aliphatic carbocycles. The Hall–Kier alpha value is -8.20. The second-order valence-corrected chi connectivity index (χ2v) is 18.5.